The number of hydrogen-bond acceptors (Lipinski definition) is 3. The van der Waals surface area contributed by atoms with Crippen LogP contribution in [-0.4, -0.2) is 15.8 Å². The zero-order chi connectivity index (χ0) is 14.1. The molecule has 0 aliphatic heterocycles. The summed E-state index contributed by atoms with van der Waals surface area (Å²) >= 11 is 0. The molecule has 0 saturated heterocycles. The summed E-state index contributed by atoms with van der Waals surface area (Å²) in [6.45, 7) is 3.85. The molecule has 0 radical (unpaired) electrons. The second-order valence-electron chi connectivity index (χ2n) is 4.86. The summed E-state index contributed by atoms with van der Waals surface area (Å²) in [5.41, 5.74) is 3.91. The average Bonchev–Trinajstić information content (AvgIpc) is 2.46. The first-order chi connectivity index (χ1) is 9.65. The maximum Gasteiger partial charge on any atom is 0.211 e. The fourth-order valence-electron chi connectivity index (χ4n) is 2.23. The second-order valence-corrected chi connectivity index (χ2v) is 4.86. The largest absolute Gasteiger partial charge is 0.287 e. The van der Waals surface area contributed by atoms with Crippen molar-refractivity contribution in [3.05, 3.63) is 71.2 Å². The number of carbonyl (C=O) groups excluding carboxylic acids is 1. The lowest BCUT2D eigenvalue weighted by atomic mass is 10.0. The molecule has 3 rings (SSSR count). The zero-order valence-electron chi connectivity index (χ0n) is 11.4. The van der Waals surface area contributed by atoms with Crippen molar-refractivity contribution in [3.63, 3.8) is 0 Å². The Morgan fingerprint density at radius 3 is 2.70 bits per heavy atom. The number of benzene rings is 1. The molecule has 0 aliphatic carbocycles. The number of ketones is 1. The van der Waals surface area contributed by atoms with Crippen LogP contribution in [0.25, 0.3) is 10.9 Å². The molecule has 20 heavy (non-hydrogen) atoms. The molecule has 3 heteroatoms. The van der Waals surface area contributed by atoms with Gasteiger partial charge in [-0.3, -0.25) is 14.8 Å². The van der Waals surface area contributed by atoms with Gasteiger partial charge in [0.25, 0.3) is 0 Å². The van der Waals surface area contributed by atoms with E-state index in [9.17, 15) is 4.79 Å². The van der Waals surface area contributed by atoms with E-state index in [1.807, 2.05) is 56.3 Å². The summed E-state index contributed by atoms with van der Waals surface area (Å²) in [5, 5.41) is 0.968. The zero-order valence-corrected chi connectivity index (χ0v) is 11.4. The quantitative estimate of drug-likeness (QED) is 0.664. The minimum absolute atomic E-state index is 0.0504. The first-order valence-electron chi connectivity index (χ1n) is 6.49. The van der Waals surface area contributed by atoms with E-state index in [4.69, 9.17) is 0 Å². The Labute approximate surface area is 117 Å². The summed E-state index contributed by atoms with van der Waals surface area (Å²) in [6.07, 6.45) is 1.65. The highest BCUT2D eigenvalue weighted by Gasteiger charge is 2.13. The van der Waals surface area contributed by atoms with Gasteiger partial charge in [-0.25, -0.2) is 0 Å². The lowest BCUT2D eigenvalue weighted by Gasteiger charge is -2.05. The van der Waals surface area contributed by atoms with Gasteiger partial charge >= 0.3 is 0 Å². The Kier molecular flexibility index (Phi) is 3.03. The number of nitrogens with zero attached hydrogens (tertiary/aromatic N) is 2. The Hall–Kier alpha value is -2.55. The van der Waals surface area contributed by atoms with Gasteiger partial charge < -0.3 is 0 Å². The highest BCUT2D eigenvalue weighted by molar-refractivity contribution is 6.10. The first-order valence-corrected chi connectivity index (χ1v) is 6.49. The molecule has 0 saturated carbocycles. The van der Waals surface area contributed by atoms with Crippen LogP contribution in [0.2, 0.25) is 0 Å². The van der Waals surface area contributed by atoms with Crippen LogP contribution in [0, 0.1) is 13.8 Å². The van der Waals surface area contributed by atoms with E-state index in [0.29, 0.717) is 11.3 Å². The number of fused-ring (bicyclic) bond motifs is 1. The van der Waals surface area contributed by atoms with E-state index in [1.165, 1.54) is 0 Å². The summed E-state index contributed by atoms with van der Waals surface area (Å²) in [7, 11) is 0. The molecule has 1 aromatic carbocycles. The number of pyridine rings is 2. The molecule has 98 valence electrons. The van der Waals surface area contributed by atoms with Gasteiger partial charge in [-0.05, 0) is 49.7 Å². The predicted octanol–water partition coefficient (Wildman–Crippen LogP) is 3.48. The van der Waals surface area contributed by atoms with Gasteiger partial charge in [0, 0.05) is 22.8 Å². The highest BCUT2D eigenvalue weighted by Crippen LogP contribution is 2.18. The van der Waals surface area contributed by atoms with Crippen molar-refractivity contribution < 1.29 is 4.79 Å². The van der Waals surface area contributed by atoms with E-state index in [0.717, 1.165) is 22.2 Å². The molecule has 2 heterocycles. The van der Waals surface area contributed by atoms with Crippen molar-refractivity contribution in [2.75, 3.05) is 0 Å². The Morgan fingerprint density at radius 2 is 1.90 bits per heavy atom. The molecule has 0 spiro atoms. The second kappa shape index (κ2) is 4.85. The van der Waals surface area contributed by atoms with E-state index < -0.39 is 0 Å². The van der Waals surface area contributed by atoms with Crippen LogP contribution in [0.3, 0.4) is 0 Å². The monoisotopic (exact) mass is 262 g/mol. The van der Waals surface area contributed by atoms with Gasteiger partial charge in [0.1, 0.15) is 5.69 Å². The third-order valence-corrected chi connectivity index (χ3v) is 3.32. The Balaban J connectivity index is 2.09. The summed E-state index contributed by atoms with van der Waals surface area (Å²) in [6, 6.07) is 13.2. The summed E-state index contributed by atoms with van der Waals surface area (Å²) < 4.78 is 0. The molecular formula is C17H14N2O. The standard InChI is InChI=1S/C17H14N2O/c1-11-4-3-9-18-16(11)17(20)14-7-8-15-13(10-14)6-5-12(2)19-15/h3-10H,1-2H3. The number of hydrogen-bond donors (Lipinski definition) is 0. The van der Waals surface area contributed by atoms with E-state index in [2.05, 4.69) is 9.97 Å². The summed E-state index contributed by atoms with van der Waals surface area (Å²) in [4.78, 5) is 21.1. The fourth-order valence-corrected chi connectivity index (χ4v) is 2.23. The predicted molar refractivity (Wildman–Crippen MR) is 78.9 cm³/mol. The van der Waals surface area contributed by atoms with Gasteiger partial charge in [-0.1, -0.05) is 12.1 Å². The molecule has 0 atom stereocenters. The normalized spacial score (nSPS) is 10.7. The third-order valence-electron chi connectivity index (χ3n) is 3.32. The number of carbonyl (C=O) groups is 1. The van der Waals surface area contributed by atoms with Crippen LogP contribution in [0.1, 0.15) is 27.3 Å². The van der Waals surface area contributed by atoms with Crippen LogP contribution in [-0.2, 0) is 0 Å². The molecule has 0 aliphatic rings. The Bertz CT molecular complexity index is 809. The van der Waals surface area contributed by atoms with Crippen molar-refractivity contribution in [2.24, 2.45) is 0 Å². The summed E-state index contributed by atoms with van der Waals surface area (Å²) in [5.74, 6) is -0.0504. The third kappa shape index (κ3) is 2.18. The van der Waals surface area contributed by atoms with Crippen LogP contribution >= 0.6 is 0 Å². The molecule has 2 aromatic heterocycles. The highest BCUT2D eigenvalue weighted by atomic mass is 16.1. The number of aryl methyl sites for hydroxylation is 2. The maximum atomic E-state index is 12.5. The van der Waals surface area contributed by atoms with Crippen LogP contribution in [0.5, 0.6) is 0 Å². The number of rotatable bonds is 2. The van der Waals surface area contributed by atoms with E-state index in [-0.39, 0.29) is 5.78 Å². The smallest absolute Gasteiger partial charge is 0.211 e. The van der Waals surface area contributed by atoms with Crippen molar-refractivity contribution in [1.82, 2.24) is 9.97 Å². The molecule has 0 N–H and O–H groups in total. The molecule has 0 fully saturated rings. The lowest BCUT2D eigenvalue weighted by Crippen LogP contribution is -2.06. The minimum Gasteiger partial charge on any atom is -0.287 e. The van der Waals surface area contributed by atoms with Crippen molar-refractivity contribution in [2.45, 2.75) is 13.8 Å². The van der Waals surface area contributed by atoms with Crippen LogP contribution < -0.4 is 0 Å². The van der Waals surface area contributed by atoms with Crippen molar-refractivity contribution >= 4 is 16.7 Å². The van der Waals surface area contributed by atoms with E-state index >= 15 is 0 Å². The SMILES string of the molecule is Cc1ccc2cc(C(=O)c3ncccc3C)ccc2n1. The fraction of sp³-hybridized carbons (Fsp3) is 0.118. The van der Waals surface area contributed by atoms with Gasteiger partial charge in [0.05, 0.1) is 5.52 Å². The van der Waals surface area contributed by atoms with Crippen molar-refractivity contribution in [1.29, 1.82) is 0 Å². The van der Waals surface area contributed by atoms with Gasteiger partial charge in [-0.2, -0.15) is 0 Å². The van der Waals surface area contributed by atoms with E-state index in [1.54, 1.807) is 6.20 Å². The van der Waals surface area contributed by atoms with Crippen LogP contribution in [0.4, 0.5) is 0 Å². The Morgan fingerprint density at radius 1 is 1.05 bits per heavy atom. The molecular weight excluding hydrogens is 248 g/mol. The molecule has 0 amide bonds. The molecule has 0 unspecified atom stereocenters. The first kappa shape index (κ1) is 12.5. The topological polar surface area (TPSA) is 42.9 Å². The van der Waals surface area contributed by atoms with Gasteiger partial charge in [0.2, 0.25) is 5.78 Å². The molecule has 3 aromatic rings. The van der Waals surface area contributed by atoms with Crippen molar-refractivity contribution in [3.8, 4) is 0 Å². The molecule has 3 nitrogen and oxygen atoms in total. The molecule has 0 bridgehead atoms. The minimum atomic E-state index is -0.0504. The maximum absolute atomic E-state index is 12.5. The lowest BCUT2D eigenvalue weighted by molar-refractivity contribution is 0.103. The number of aromatic nitrogens is 2. The van der Waals surface area contributed by atoms with Crippen LogP contribution in [0.15, 0.2) is 48.7 Å². The van der Waals surface area contributed by atoms with Gasteiger partial charge in [0.15, 0.2) is 0 Å². The van der Waals surface area contributed by atoms with Gasteiger partial charge in [-0.15, -0.1) is 0 Å². The average molecular weight is 262 g/mol.